The Kier molecular flexibility index (Phi) is 3.71. The van der Waals surface area contributed by atoms with Crippen LogP contribution in [0.4, 0.5) is 0 Å². The third-order valence-corrected chi connectivity index (χ3v) is 3.09. The third-order valence-electron chi connectivity index (χ3n) is 3.09. The monoisotopic (exact) mass is 240 g/mol. The average Bonchev–Trinajstić information content (AvgIpc) is 2.29. The molecule has 0 spiro atoms. The Morgan fingerprint density at radius 1 is 0.778 bits per heavy atom. The summed E-state index contributed by atoms with van der Waals surface area (Å²) in [6.45, 7) is 9.06. The van der Waals surface area contributed by atoms with Crippen molar-refractivity contribution in [2.45, 2.75) is 34.3 Å². The van der Waals surface area contributed by atoms with Crippen molar-refractivity contribution in [3.8, 4) is 5.75 Å². The first-order chi connectivity index (χ1) is 8.54. The highest BCUT2D eigenvalue weighted by molar-refractivity contribution is 5.34. The molecule has 0 saturated heterocycles. The van der Waals surface area contributed by atoms with Crippen LogP contribution in [-0.2, 0) is 6.61 Å². The summed E-state index contributed by atoms with van der Waals surface area (Å²) in [5.41, 5.74) is 6.30. The number of hydrogen-bond acceptors (Lipinski definition) is 1. The smallest absolute Gasteiger partial charge is 0.120 e. The Morgan fingerprint density at radius 3 is 2.11 bits per heavy atom. The Morgan fingerprint density at radius 2 is 1.44 bits per heavy atom. The molecule has 0 heterocycles. The Labute approximate surface area is 109 Å². The molecule has 2 aromatic carbocycles. The normalized spacial score (nSPS) is 10.4. The summed E-state index contributed by atoms with van der Waals surface area (Å²) in [5.74, 6) is 0.952. The van der Waals surface area contributed by atoms with Crippen molar-refractivity contribution in [1.29, 1.82) is 0 Å². The van der Waals surface area contributed by atoms with Gasteiger partial charge in [-0.1, -0.05) is 29.8 Å². The van der Waals surface area contributed by atoms with Gasteiger partial charge in [-0.25, -0.2) is 0 Å². The van der Waals surface area contributed by atoms with Crippen molar-refractivity contribution in [1.82, 2.24) is 0 Å². The molecule has 0 amide bonds. The lowest BCUT2D eigenvalue weighted by molar-refractivity contribution is 0.305. The first-order valence-electron chi connectivity index (χ1n) is 6.32. The van der Waals surface area contributed by atoms with Crippen LogP contribution in [0.5, 0.6) is 5.75 Å². The molecule has 0 aliphatic heterocycles. The van der Waals surface area contributed by atoms with Gasteiger partial charge < -0.3 is 4.74 Å². The summed E-state index contributed by atoms with van der Waals surface area (Å²) in [7, 11) is 0. The fraction of sp³-hybridized carbons (Fsp3) is 0.294. The minimum absolute atomic E-state index is 0.635. The van der Waals surface area contributed by atoms with Crippen LogP contribution >= 0.6 is 0 Å². The molecule has 0 fully saturated rings. The molecule has 0 atom stereocenters. The first-order valence-corrected chi connectivity index (χ1v) is 6.32. The summed E-state index contributed by atoms with van der Waals surface area (Å²) in [6, 6.07) is 12.8. The van der Waals surface area contributed by atoms with Crippen molar-refractivity contribution < 1.29 is 4.74 Å². The fourth-order valence-electron chi connectivity index (χ4n) is 2.13. The van der Waals surface area contributed by atoms with E-state index >= 15 is 0 Å². The lowest BCUT2D eigenvalue weighted by Crippen LogP contribution is -1.99. The van der Waals surface area contributed by atoms with E-state index in [0.717, 1.165) is 5.75 Å². The maximum Gasteiger partial charge on any atom is 0.120 e. The number of ether oxygens (including phenoxy) is 1. The van der Waals surface area contributed by atoms with Gasteiger partial charge in [-0.05, 0) is 62.1 Å². The van der Waals surface area contributed by atoms with Crippen LogP contribution in [-0.4, -0.2) is 0 Å². The molecule has 18 heavy (non-hydrogen) atoms. The molecule has 0 aliphatic carbocycles. The van der Waals surface area contributed by atoms with Gasteiger partial charge in [0.15, 0.2) is 0 Å². The molecule has 2 rings (SSSR count). The van der Waals surface area contributed by atoms with Gasteiger partial charge in [0.05, 0.1) is 0 Å². The summed E-state index contributed by atoms with van der Waals surface area (Å²) in [6.07, 6.45) is 0. The standard InChI is InChI=1S/C17H20O/c1-12-5-6-15(4)16(8-12)11-18-17-9-13(2)7-14(3)10-17/h5-10H,11H2,1-4H3. The molecule has 0 aliphatic rings. The number of benzene rings is 2. The minimum atomic E-state index is 0.635. The van der Waals surface area contributed by atoms with Crippen LogP contribution in [0.15, 0.2) is 36.4 Å². The summed E-state index contributed by atoms with van der Waals surface area (Å²) in [4.78, 5) is 0. The topological polar surface area (TPSA) is 9.23 Å². The van der Waals surface area contributed by atoms with E-state index in [1.807, 2.05) is 0 Å². The molecule has 0 bridgehead atoms. The molecule has 94 valence electrons. The summed E-state index contributed by atoms with van der Waals surface area (Å²) < 4.78 is 5.89. The molecule has 0 aromatic heterocycles. The quantitative estimate of drug-likeness (QED) is 0.767. The molecule has 1 nitrogen and oxygen atoms in total. The van der Waals surface area contributed by atoms with Crippen LogP contribution < -0.4 is 4.74 Å². The number of hydrogen-bond donors (Lipinski definition) is 0. The maximum absolute atomic E-state index is 5.89. The SMILES string of the molecule is Cc1cc(C)cc(OCc2cc(C)ccc2C)c1. The Balaban J connectivity index is 2.13. The predicted octanol–water partition coefficient (Wildman–Crippen LogP) is 4.50. The van der Waals surface area contributed by atoms with Gasteiger partial charge in [0, 0.05) is 0 Å². The second-order valence-electron chi connectivity index (χ2n) is 5.04. The van der Waals surface area contributed by atoms with Crippen molar-refractivity contribution in [3.05, 3.63) is 64.2 Å². The van der Waals surface area contributed by atoms with Crippen LogP contribution in [0.1, 0.15) is 27.8 Å². The minimum Gasteiger partial charge on any atom is -0.489 e. The molecule has 0 radical (unpaired) electrons. The molecule has 0 unspecified atom stereocenters. The molecular formula is C17H20O. The van der Waals surface area contributed by atoms with Gasteiger partial charge in [-0.3, -0.25) is 0 Å². The van der Waals surface area contributed by atoms with E-state index in [9.17, 15) is 0 Å². The van der Waals surface area contributed by atoms with Crippen molar-refractivity contribution >= 4 is 0 Å². The fourth-order valence-corrected chi connectivity index (χ4v) is 2.13. The van der Waals surface area contributed by atoms with Crippen molar-refractivity contribution in [2.24, 2.45) is 0 Å². The first kappa shape index (κ1) is 12.7. The average molecular weight is 240 g/mol. The number of aryl methyl sites for hydroxylation is 4. The Hall–Kier alpha value is -1.76. The van der Waals surface area contributed by atoms with E-state index in [1.165, 1.54) is 27.8 Å². The summed E-state index contributed by atoms with van der Waals surface area (Å²) in [5, 5.41) is 0. The van der Waals surface area contributed by atoms with Crippen molar-refractivity contribution in [2.75, 3.05) is 0 Å². The number of rotatable bonds is 3. The predicted molar refractivity (Wildman–Crippen MR) is 76.2 cm³/mol. The zero-order valence-electron chi connectivity index (χ0n) is 11.6. The highest BCUT2D eigenvalue weighted by Crippen LogP contribution is 2.19. The molecular weight excluding hydrogens is 220 g/mol. The lowest BCUT2D eigenvalue weighted by Gasteiger charge is -2.11. The van der Waals surface area contributed by atoms with Crippen LogP contribution in [0.3, 0.4) is 0 Å². The maximum atomic E-state index is 5.89. The highest BCUT2D eigenvalue weighted by Gasteiger charge is 2.01. The van der Waals surface area contributed by atoms with Gasteiger partial charge in [-0.2, -0.15) is 0 Å². The third kappa shape index (κ3) is 3.13. The largest absolute Gasteiger partial charge is 0.489 e. The van der Waals surface area contributed by atoms with E-state index in [2.05, 4.69) is 64.1 Å². The van der Waals surface area contributed by atoms with Crippen LogP contribution in [0.2, 0.25) is 0 Å². The van der Waals surface area contributed by atoms with E-state index in [1.54, 1.807) is 0 Å². The van der Waals surface area contributed by atoms with Crippen LogP contribution in [0, 0.1) is 27.7 Å². The van der Waals surface area contributed by atoms with Gasteiger partial charge in [0.25, 0.3) is 0 Å². The van der Waals surface area contributed by atoms with Gasteiger partial charge >= 0.3 is 0 Å². The molecule has 1 heteroatoms. The van der Waals surface area contributed by atoms with Crippen LogP contribution in [0.25, 0.3) is 0 Å². The second kappa shape index (κ2) is 5.26. The van der Waals surface area contributed by atoms with Gasteiger partial charge in [-0.15, -0.1) is 0 Å². The zero-order chi connectivity index (χ0) is 13.1. The Bertz CT molecular complexity index is 535. The van der Waals surface area contributed by atoms with E-state index in [4.69, 9.17) is 4.74 Å². The molecule has 2 aromatic rings. The highest BCUT2D eigenvalue weighted by atomic mass is 16.5. The summed E-state index contributed by atoms with van der Waals surface area (Å²) >= 11 is 0. The van der Waals surface area contributed by atoms with E-state index in [0.29, 0.717) is 6.61 Å². The van der Waals surface area contributed by atoms with E-state index < -0.39 is 0 Å². The van der Waals surface area contributed by atoms with E-state index in [-0.39, 0.29) is 0 Å². The molecule has 0 saturated carbocycles. The zero-order valence-corrected chi connectivity index (χ0v) is 11.6. The van der Waals surface area contributed by atoms with Gasteiger partial charge in [0.1, 0.15) is 12.4 Å². The molecule has 0 N–H and O–H groups in total. The van der Waals surface area contributed by atoms with Gasteiger partial charge in [0.2, 0.25) is 0 Å². The lowest BCUT2D eigenvalue weighted by atomic mass is 10.1. The second-order valence-corrected chi connectivity index (χ2v) is 5.04. The van der Waals surface area contributed by atoms with Crippen molar-refractivity contribution in [3.63, 3.8) is 0 Å².